The predicted molar refractivity (Wildman–Crippen MR) is 120 cm³/mol. The van der Waals surface area contributed by atoms with Crippen LogP contribution < -0.4 is 5.32 Å². The summed E-state index contributed by atoms with van der Waals surface area (Å²) >= 11 is 12.5. The smallest absolute Gasteiger partial charge is 0.339 e. The molecule has 0 aliphatic carbocycles. The van der Waals surface area contributed by atoms with Gasteiger partial charge in [-0.15, -0.1) is 0 Å². The molecule has 0 bridgehead atoms. The Morgan fingerprint density at radius 1 is 1.23 bits per heavy atom. The van der Waals surface area contributed by atoms with Crippen LogP contribution in [0.1, 0.15) is 22.3 Å². The number of aromatic hydroxyl groups is 1. The first-order valence-corrected chi connectivity index (χ1v) is 10.2. The van der Waals surface area contributed by atoms with Crippen LogP contribution in [0.25, 0.3) is 6.08 Å². The van der Waals surface area contributed by atoms with Gasteiger partial charge in [-0.1, -0.05) is 53.8 Å². The van der Waals surface area contributed by atoms with Gasteiger partial charge in [0.05, 0.1) is 4.91 Å². The summed E-state index contributed by atoms with van der Waals surface area (Å²) in [6, 6.07) is 10.8. The van der Waals surface area contributed by atoms with E-state index in [1.54, 1.807) is 24.3 Å². The van der Waals surface area contributed by atoms with Crippen molar-refractivity contribution in [3.8, 4) is 5.75 Å². The van der Waals surface area contributed by atoms with E-state index in [2.05, 4.69) is 5.32 Å². The van der Waals surface area contributed by atoms with Crippen LogP contribution >= 0.6 is 35.6 Å². The van der Waals surface area contributed by atoms with Gasteiger partial charge in [0.25, 0.3) is 5.91 Å². The Balaban J connectivity index is 1.63. The molecule has 3 N–H and O–H groups in total. The average molecular weight is 463 g/mol. The Bertz CT molecular complexity index is 1090. The molecular weight excluding hydrogens is 448 g/mol. The fourth-order valence-corrected chi connectivity index (χ4v) is 4.14. The van der Waals surface area contributed by atoms with Crippen LogP contribution in [0.2, 0.25) is 5.02 Å². The summed E-state index contributed by atoms with van der Waals surface area (Å²) in [5.41, 5.74) is 0.590. The molecule has 0 aromatic heterocycles. The molecule has 2 aromatic rings. The highest BCUT2D eigenvalue weighted by Gasteiger charge is 2.32. The maximum atomic E-state index is 12.6. The third-order valence-corrected chi connectivity index (χ3v) is 5.86. The number of aromatic carboxylic acids is 1. The van der Waals surface area contributed by atoms with Crippen LogP contribution in [0.5, 0.6) is 5.75 Å². The van der Waals surface area contributed by atoms with Crippen molar-refractivity contribution in [1.82, 2.24) is 4.90 Å². The van der Waals surface area contributed by atoms with Gasteiger partial charge in [0.15, 0.2) is 0 Å². The van der Waals surface area contributed by atoms with E-state index >= 15 is 0 Å². The number of halogens is 1. The zero-order chi connectivity index (χ0) is 21.8. The molecule has 30 heavy (non-hydrogen) atoms. The molecule has 0 unspecified atom stereocenters. The lowest BCUT2D eigenvalue weighted by molar-refractivity contribution is -0.122. The molecule has 10 heteroatoms. The minimum absolute atomic E-state index is 0.0465. The largest absolute Gasteiger partial charge is 0.507 e. The monoisotopic (exact) mass is 462 g/mol. The molecule has 0 saturated carbocycles. The van der Waals surface area contributed by atoms with Crippen molar-refractivity contribution in [2.24, 2.45) is 0 Å². The Morgan fingerprint density at radius 3 is 2.67 bits per heavy atom. The molecule has 0 radical (unpaired) electrons. The highest BCUT2D eigenvalue weighted by Crippen LogP contribution is 2.33. The number of hydrogen-bond donors (Lipinski definition) is 3. The Morgan fingerprint density at radius 2 is 1.97 bits per heavy atom. The van der Waals surface area contributed by atoms with Crippen LogP contribution in [0.3, 0.4) is 0 Å². The number of phenols is 1. The lowest BCUT2D eigenvalue weighted by Crippen LogP contribution is -2.31. The van der Waals surface area contributed by atoms with Gasteiger partial charge in [-0.25, -0.2) is 4.79 Å². The van der Waals surface area contributed by atoms with Crippen molar-refractivity contribution in [2.45, 2.75) is 6.42 Å². The second kappa shape index (κ2) is 9.29. The number of carboxylic acids is 1. The topological polar surface area (TPSA) is 107 Å². The molecule has 0 atom stereocenters. The van der Waals surface area contributed by atoms with Gasteiger partial charge >= 0.3 is 5.97 Å². The molecule has 1 heterocycles. The molecule has 2 aromatic carbocycles. The van der Waals surface area contributed by atoms with E-state index in [0.717, 1.165) is 17.8 Å². The van der Waals surface area contributed by atoms with Gasteiger partial charge in [-0.2, -0.15) is 0 Å². The molecule has 2 amide bonds. The van der Waals surface area contributed by atoms with Crippen molar-refractivity contribution in [3.05, 3.63) is 63.5 Å². The van der Waals surface area contributed by atoms with Crippen LogP contribution in [0, 0.1) is 0 Å². The molecule has 1 saturated heterocycles. The zero-order valence-electron chi connectivity index (χ0n) is 15.3. The summed E-state index contributed by atoms with van der Waals surface area (Å²) in [5.74, 6) is -2.45. The van der Waals surface area contributed by atoms with Crippen molar-refractivity contribution in [1.29, 1.82) is 0 Å². The van der Waals surface area contributed by atoms with E-state index in [9.17, 15) is 19.5 Å². The number of benzene rings is 2. The molecule has 7 nitrogen and oxygen atoms in total. The quantitative estimate of drug-likeness (QED) is 0.338. The van der Waals surface area contributed by atoms with Crippen molar-refractivity contribution in [2.75, 3.05) is 11.9 Å². The maximum absolute atomic E-state index is 12.6. The van der Waals surface area contributed by atoms with Gasteiger partial charge in [0, 0.05) is 23.7 Å². The highest BCUT2D eigenvalue weighted by atomic mass is 35.5. The van der Waals surface area contributed by atoms with Crippen LogP contribution in [0.4, 0.5) is 5.69 Å². The van der Waals surface area contributed by atoms with Crippen LogP contribution in [0.15, 0.2) is 47.4 Å². The fourth-order valence-electron chi connectivity index (χ4n) is 2.65. The van der Waals surface area contributed by atoms with E-state index in [-0.39, 0.29) is 30.1 Å². The lowest BCUT2D eigenvalue weighted by Gasteiger charge is -2.14. The minimum Gasteiger partial charge on any atom is -0.507 e. The standard InChI is InChI=1S/C20H15ClN2O5S2/c21-14-4-2-1-3-11(14)9-16-18(26)23(20(29)30-16)8-7-17(25)22-12-5-6-15(24)13(10-12)19(27)28/h1-6,9-10,24H,7-8H2,(H,22,25)(H,27,28)/b16-9-. The van der Waals surface area contributed by atoms with Gasteiger partial charge in [-0.3, -0.25) is 14.5 Å². The lowest BCUT2D eigenvalue weighted by atomic mass is 10.1. The molecule has 3 rings (SSSR count). The second-order valence-electron chi connectivity index (χ2n) is 6.19. The fraction of sp³-hybridized carbons (Fsp3) is 0.100. The molecule has 154 valence electrons. The third kappa shape index (κ3) is 4.99. The molecule has 1 aliphatic rings. The average Bonchev–Trinajstić information content (AvgIpc) is 2.96. The first-order chi connectivity index (χ1) is 14.3. The Labute approximate surface area is 186 Å². The van der Waals surface area contributed by atoms with Crippen molar-refractivity contribution in [3.63, 3.8) is 0 Å². The number of hydrogen-bond acceptors (Lipinski definition) is 6. The van der Waals surface area contributed by atoms with E-state index in [4.69, 9.17) is 28.9 Å². The van der Waals surface area contributed by atoms with Gasteiger partial charge in [0.1, 0.15) is 15.6 Å². The zero-order valence-corrected chi connectivity index (χ0v) is 17.7. The number of carbonyl (C=O) groups is 3. The molecule has 1 fully saturated rings. The van der Waals surface area contributed by atoms with Gasteiger partial charge in [0.2, 0.25) is 5.91 Å². The van der Waals surface area contributed by atoms with Crippen LogP contribution in [-0.4, -0.2) is 43.8 Å². The number of nitrogens with one attached hydrogen (secondary N) is 1. The SMILES string of the molecule is O=C(CCN1C(=O)/C(=C/c2ccccc2Cl)SC1=S)Nc1ccc(O)c(C(=O)O)c1. The Hall–Kier alpha value is -2.88. The van der Waals surface area contributed by atoms with Gasteiger partial charge in [-0.05, 0) is 35.9 Å². The number of rotatable bonds is 6. The highest BCUT2D eigenvalue weighted by molar-refractivity contribution is 8.26. The second-order valence-corrected chi connectivity index (χ2v) is 8.27. The summed E-state index contributed by atoms with van der Waals surface area (Å²) in [7, 11) is 0. The number of nitrogens with zero attached hydrogens (tertiary/aromatic N) is 1. The first-order valence-electron chi connectivity index (χ1n) is 8.62. The van der Waals surface area contributed by atoms with E-state index < -0.39 is 17.6 Å². The summed E-state index contributed by atoms with van der Waals surface area (Å²) in [6.07, 6.45) is 1.61. The van der Waals surface area contributed by atoms with Crippen molar-refractivity contribution < 1.29 is 24.6 Å². The number of thiocarbonyl (C=S) groups is 1. The molecule has 1 aliphatic heterocycles. The molecule has 0 spiro atoms. The maximum Gasteiger partial charge on any atom is 0.339 e. The van der Waals surface area contributed by atoms with E-state index in [0.29, 0.717) is 19.8 Å². The van der Waals surface area contributed by atoms with Gasteiger partial charge < -0.3 is 15.5 Å². The number of carbonyl (C=O) groups excluding carboxylic acids is 2. The van der Waals surface area contributed by atoms with E-state index in [1.807, 2.05) is 6.07 Å². The van der Waals surface area contributed by atoms with Crippen LogP contribution in [-0.2, 0) is 9.59 Å². The number of carboxylic acid groups (broad SMARTS) is 1. The number of thioether (sulfide) groups is 1. The summed E-state index contributed by atoms with van der Waals surface area (Å²) in [5, 5.41) is 21.6. The predicted octanol–water partition coefficient (Wildman–Crippen LogP) is 3.97. The summed E-state index contributed by atoms with van der Waals surface area (Å²) < 4.78 is 0.337. The van der Waals surface area contributed by atoms with Crippen molar-refractivity contribution >= 4 is 69.4 Å². The summed E-state index contributed by atoms with van der Waals surface area (Å²) in [4.78, 5) is 37.7. The number of anilines is 1. The summed E-state index contributed by atoms with van der Waals surface area (Å²) in [6.45, 7) is 0.0697. The normalized spacial score (nSPS) is 15.0. The minimum atomic E-state index is -1.31. The van der Waals surface area contributed by atoms with E-state index in [1.165, 1.54) is 17.0 Å². The molecular formula is C20H15ClN2O5S2. The number of amides is 2. The third-order valence-electron chi connectivity index (χ3n) is 4.14. The Kier molecular flexibility index (Phi) is 6.76. The first kappa shape index (κ1) is 21.8.